The van der Waals surface area contributed by atoms with Gasteiger partial charge in [0.2, 0.25) is 5.91 Å². The van der Waals surface area contributed by atoms with E-state index in [-0.39, 0.29) is 51.9 Å². The summed E-state index contributed by atoms with van der Waals surface area (Å²) in [6.07, 6.45) is 4.90. The summed E-state index contributed by atoms with van der Waals surface area (Å²) in [5.41, 5.74) is 1.12. The fourth-order valence-corrected chi connectivity index (χ4v) is 5.64. The zero-order valence-corrected chi connectivity index (χ0v) is 26.3. The number of benzene rings is 1. The van der Waals surface area contributed by atoms with Crippen molar-refractivity contribution in [2.75, 3.05) is 5.32 Å². The number of aromatic nitrogens is 6. The van der Waals surface area contributed by atoms with E-state index in [4.69, 9.17) is 0 Å². The highest BCUT2D eigenvalue weighted by Crippen LogP contribution is 2.30. The van der Waals surface area contributed by atoms with E-state index in [0.717, 1.165) is 10.4 Å². The average molecular weight is 625 g/mol. The standard InChI is InChI=1S/C33H33FN8O4/c1-18(2)40-15-22-12-27(38-41(22)16-28(40)44)37-26-10-20(14-39(6)31(26)45)23-7-8-35-30(24(23)17-43)42-32(46)29-19(13-36-42)9-21(11-25(29)34)33(3,4)5/h7-14,17-18H,15-16H2,1-6H3,(H,37,38). The fourth-order valence-electron chi connectivity index (χ4n) is 5.64. The molecule has 0 radical (unpaired) electrons. The number of carbonyl (C=O) groups is 2. The molecule has 5 heterocycles. The molecule has 1 aromatic carbocycles. The number of hydrogen-bond acceptors (Lipinski definition) is 8. The van der Waals surface area contributed by atoms with Crippen molar-refractivity contribution < 1.29 is 14.0 Å². The Morgan fingerprint density at radius 1 is 1.04 bits per heavy atom. The summed E-state index contributed by atoms with van der Waals surface area (Å²) in [4.78, 5) is 57.8. The normalized spacial score (nSPS) is 13.4. The Morgan fingerprint density at radius 3 is 2.50 bits per heavy atom. The van der Waals surface area contributed by atoms with Crippen LogP contribution in [0.3, 0.4) is 0 Å². The summed E-state index contributed by atoms with van der Waals surface area (Å²) in [7, 11) is 1.57. The van der Waals surface area contributed by atoms with Crippen molar-refractivity contribution in [1.29, 1.82) is 0 Å². The zero-order chi connectivity index (χ0) is 33.1. The SMILES string of the molecule is CC(C)N1Cc2cc(Nc3cc(-c4ccnc(-n5ncc6cc(C(C)(C)C)cc(F)c6c5=O)c4C=O)cn(C)c3=O)nn2CC1=O. The van der Waals surface area contributed by atoms with E-state index in [2.05, 4.69) is 20.5 Å². The maximum absolute atomic E-state index is 15.3. The second-order valence-electron chi connectivity index (χ2n) is 12.7. The molecule has 0 bridgehead atoms. The van der Waals surface area contributed by atoms with Gasteiger partial charge in [0.1, 0.15) is 18.0 Å². The minimum absolute atomic E-state index is 0.0255. The summed E-state index contributed by atoms with van der Waals surface area (Å²) in [5.74, 6) is -0.425. The third-order valence-electron chi connectivity index (χ3n) is 8.17. The van der Waals surface area contributed by atoms with E-state index in [1.165, 1.54) is 23.0 Å². The Labute approximate surface area is 263 Å². The van der Waals surface area contributed by atoms with Crippen LogP contribution < -0.4 is 16.4 Å². The van der Waals surface area contributed by atoms with Crippen molar-refractivity contribution in [3.63, 3.8) is 0 Å². The monoisotopic (exact) mass is 624 g/mol. The number of nitrogens with zero attached hydrogens (tertiary/aromatic N) is 7. The van der Waals surface area contributed by atoms with Gasteiger partial charge in [-0.15, -0.1) is 0 Å². The molecule has 0 atom stereocenters. The lowest BCUT2D eigenvalue weighted by Crippen LogP contribution is -2.43. The average Bonchev–Trinajstić information content (AvgIpc) is 3.38. The molecule has 0 saturated heterocycles. The maximum atomic E-state index is 15.3. The minimum Gasteiger partial charge on any atom is -0.334 e. The summed E-state index contributed by atoms with van der Waals surface area (Å²) >= 11 is 0. The van der Waals surface area contributed by atoms with E-state index in [1.807, 2.05) is 34.6 Å². The van der Waals surface area contributed by atoms with E-state index >= 15 is 4.39 Å². The predicted molar refractivity (Wildman–Crippen MR) is 171 cm³/mol. The number of fused-ring (bicyclic) bond motifs is 2. The van der Waals surface area contributed by atoms with Crippen LogP contribution in [0.15, 0.2) is 58.5 Å². The Balaban J connectivity index is 1.41. The second kappa shape index (κ2) is 11.2. The number of nitrogens with one attached hydrogen (secondary N) is 1. The van der Waals surface area contributed by atoms with Gasteiger partial charge in [0.25, 0.3) is 11.1 Å². The molecule has 236 valence electrons. The van der Waals surface area contributed by atoms with Crippen LogP contribution in [-0.2, 0) is 30.3 Å². The lowest BCUT2D eigenvalue weighted by Gasteiger charge is -2.30. The van der Waals surface area contributed by atoms with Crippen molar-refractivity contribution in [3.05, 3.63) is 92.3 Å². The van der Waals surface area contributed by atoms with E-state index in [9.17, 15) is 19.2 Å². The number of hydrogen-bond donors (Lipinski definition) is 1. The van der Waals surface area contributed by atoms with Gasteiger partial charge < -0.3 is 14.8 Å². The molecule has 4 aromatic heterocycles. The van der Waals surface area contributed by atoms with Crippen molar-refractivity contribution in [2.24, 2.45) is 7.05 Å². The van der Waals surface area contributed by atoms with Crippen LogP contribution in [0.2, 0.25) is 0 Å². The number of rotatable bonds is 6. The van der Waals surface area contributed by atoms with Crippen molar-refractivity contribution in [2.45, 2.75) is 59.2 Å². The quantitative estimate of drug-likeness (QED) is 0.279. The summed E-state index contributed by atoms with van der Waals surface area (Å²) in [5, 5.41) is 12.0. The molecule has 0 fully saturated rings. The first-order valence-electron chi connectivity index (χ1n) is 14.8. The molecule has 6 rings (SSSR count). The first-order valence-corrected chi connectivity index (χ1v) is 14.8. The van der Waals surface area contributed by atoms with Crippen LogP contribution >= 0.6 is 0 Å². The lowest BCUT2D eigenvalue weighted by molar-refractivity contribution is -0.136. The maximum Gasteiger partial charge on any atom is 0.283 e. The summed E-state index contributed by atoms with van der Waals surface area (Å²) in [6.45, 7) is 10.2. The number of aryl methyl sites for hydroxylation is 1. The van der Waals surface area contributed by atoms with Crippen LogP contribution in [0.25, 0.3) is 27.7 Å². The molecule has 0 unspecified atom stereocenters. The molecule has 46 heavy (non-hydrogen) atoms. The highest BCUT2D eigenvalue weighted by Gasteiger charge is 2.27. The van der Waals surface area contributed by atoms with Crippen LogP contribution in [0.5, 0.6) is 0 Å². The van der Waals surface area contributed by atoms with Gasteiger partial charge in [-0.05, 0) is 54.7 Å². The van der Waals surface area contributed by atoms with Gasteiger partial charge in [0.05, 0.1) is 29.4 Å². The number of aldehydes is 1. The Morgan fingerprint density at radius 2 is 1.80 bits per heavy atom. The lowest BCUT2D eigenvalue weighted by atomic mass is 9.86. The molecule has 13 heteroatoms. The number of halogens is 1. The van der Waals surface area contributed by atoms with Gasteiger partial charge in [-0.25, -0.2) is 9.37 Å². The molecule has 1 amide bonds. The van der Waals surface area contributed by atoms with Crippen molar-refractivity contribution in [3.8, 4) is 16.9 Å². The van der Waals surface area contributed by atoms with Crippen LogP contribution in [0.1, 0.15) is 56.2 Å². The molecular formula is C33H33FN8O4. The zero-order valence-electron chi connectivity index (χ0n) is 26.3. The van der Waals surface area contributed by atoms with E-state index in [1.54, 1.807) is 47.1 Å². The molecular weight excluding hydrogens is 591 g/mol. The van der Waals surface area contributed by atoms with Gasteiger partial charge in [-0.3, -0.25) is 23.9 Å². The van der Waals surface area contributed by atoms with Crippen LogP contribution in [-0.4, -0.2) is 52.2 Å². The Hall–Kier alpha value is -5.46. The Kier molecular flexibility index (Phi) is 7.42. The third-order valence-corrected chi connectivity index (χ3v) is 8.17. The highest BCUT2D eigenvalue weighted by atomic mass is 19.1. The first-order chi connectivity index (χ1) is 21.8. The first kappa shape index (κ1) is 30.6. The number of amides is 1. The largest absolute Gasteiger partial charge is 0.334 e. The highest BCUT2D eigenvalue weighted by molar-refractivity contribution is 5.92. The fraction of sp³-hybridized carbons (Fsp3) is 0.303. The summed E-state index contributed by atoms with van der Waals surface area (Å²) < 4.78 is 19.2. The predicted octanol–water partition coefficient (Wildman–Crippen LogP) is 4.09. The van der Waals surface area contributed by atoms with Crippen molar-refractivity contribution in [1.82, 2.24) is 34.0 Å². The molecule has 0 spiro atoms. The molecule has 5 aromatic rings. The summed E-state index contributed by atoms with van der Waals surface area (Å²) in [6, 6.07) is 8.05. The van der Waals surface area contributed by atoms with Gasteiger partial charge in [-0.2, -0.15) is 14.9 Å². The smallest absolute Gasteiger partial charge is 0.283 e. The molecule has 1 aliphatic heterocycles. The van der Waals surface area contributed by atoms with Crippen LogP contribution in [0, 0.1) is 5.82 Å². The van der Waals surface area contributed by atoms with Gasteiger partial charge in [0, 0.05) is 42.5 Å². The van der Waals surface area contributed by atoms with Crippen LogP contribution in [0.4, 0.5) is 15.9 Å². The number of carbonyl (C=O) groups excluding carboxylic acids is 2. The van der Waals surface area contributed by atoms with E-state index in [0.29, 0.717) is 40.7 Å². The number of anilines is 2. The van der Waals surface area contributed by atoms with Gasteiger partial charge >= 0.3 is 0 Å². The molecule has 0 aliphatic carbocycles. The second-order valence-corrected chi connectivity index (χ2v) is 12.7. The Bertz CT molecular complexity index is 2170. The third kappa shape index (κ3) is 5.27. The van der Waals surface area contributed by atoms with Gasteiger partial charge in [0.15, 0.2) is 17.9 Å². The molecule has 1 N–H and O–H groups in total. The molecule has 12 nitrogen and oxygen atoms in total. The molecule has 1 aliphatic rings. The molecule has 0 saturated carbocycles. The van der Waals surface area contributed by atoms with Gasteiger partial charge in [-0.1, -0.05) is 20.8 Å². The topological polar surface area (TPSA) is 137 Å². The van der Waals surface area contributed by atoms with Crippen molar-refractivity contribution >= 4 is 34.5 Å². The number of pyridine rings is 2. The minimum atomic E-state index is -0.760. The van der Waals surface area contributed by atoms with E-state index < -0.39 is 11.4 Å².